The monoisotopic (exact) mass is 267 g/mol. The smallest absolute Gasteiger partial charge is 0.180 e. The number of nitrogens with two attached hydrogens (primary N) is 1. The van der Waals surface area contributed by atoms with Crippen LogP contribution in [0.1, 0.15) is 12.5 Å². The molecule has 0 aliphatic carbocycles. The molecule has 0 fully saturated rings. The highest BCUT2D eigenvalue weighted by Crippen LogP contribution is 2.31. The number of nitrogens with zero attached hydrogens (tertiary/aromatic N) is 2. The van der Waals surface area contributed by atoms with Gasteiger partial charge in [-0.1, -0.05) is 30.3 Å². The van der Waals surface area contributed by atoms with E-state index in [0.717, 1.165) is 28.3 Å². The summed E-state index contributed by atoms with van der Waals surface area (Å²) in [5.41, 5.74) is 9.05. The van der Waals surface area contributed by atoms with Crippen LogP contribution in [0.4, 0.5) is 11.6 Å². The van der Waals surface area contributed by atoms with Gasteiger partial charge >= 0.3 is 0 Å². The van der Waals surface area contributed by atoms with Gasteiger partial charge in [-0.15, -0.1) is 0 Å². The van der Waals surface area contributed by atoms with Crippen molar-refractivity contribution in [3.8, 4) is 11.1 Å². The molecule has 5 heteroatoms. The molecule has 1 aliphatic rings. The molecule has 3 rings (SSSR count). The van der Waals surface area contributed by atoms with Crippen molar-refractivity contribution in [2.24, 2.45) is 10.7 Å². The van der Waals surface area contributed by atoms with E-state index in [1.165, 1.54) is 0 Å². The molecule has 20 heavy (non-hydrogen) atoms. The first kappa shape index (κ1) is 12.6. The minimum Gasteiger partial charge on any atom is -0.373 e. The van der Waals surface area contributed by atoms with E-state index in [4.69, 9.17) is 5.73 Å². The van der Waals surface area contributed by atoms with Crippen molar-refractivity contribution in [3.63, 3.8) is 0 Å². The van der Waals surface area contributed by atoms with Gasteiger partial charge in [0.15, 0.2) is 5.79 Å². The topological polar surface area (TPSA) is 75.3 Å². The number of fused-ring (bicyclic) bond motifs is 1. The van der Waals surface area contributed by atoms with Gasteiger partial charge in [-0.05, 0) is 18.6 Å². The molecule has 0 saturated heterocycles. The van der Waals surface area contributed by atoms with Gasteiger partial charge < -0.3 is 10.6 Å². The highest BCUT2D eigenvalue weighted by Gasteiger charge is 2.23. The van der Waals surface area contributed by atoms with Crippen LogP contribution in [0.3, 0.4) is 0 Å². The van der Waals surface area contributed by atoms with Crippen LogP contribution in [0.25, 0.3) is 11.1 Å². The van der Waals surface area contributed by atoms with Crippen LogP contribution < -0.4 is 16.4 Å². The molecule has 5 nitrogen and oxygen atoms in total. The maximum Gasteiger partial charge on any atom is 0.180 e. The number of benzene rings is 1. The van der Waals surface area contributed by atoms with Crippen molar-refractivity contribution in [2.45, 2.75) is 12.7 Å². The van der Waals surface area contributed by atoms with Crippen LogP contribution in [0.2, 0.25) is 0 Å². The second-order valence-electron chi connectivity index (χ2n) is 4.97. The Morgan fingerprint density at radius 2 is 2.00 bits per heavy atom. The second-order valence-corrected chi connectivity index (χ2v) is 4.97. The summed E-state index contributed by atoms with van der Waals surface area (Å²) in [4.78, 5) is 8.88. The molecule has 2 aromatic rings. The van der Waals surface area contributed by atoms with Gasteiger partial charge in [0.2, 0.25) is 0 Å². The van der Waals surface area contributed by atoms with E-state index in [2.05, 4.69) is 38.8 Å². The number of anilines is 2. The maximum absolute atomic E-state index is 5.96. The van der Waals surface area contributed by atoms with Gasteiger partial charge in [-0.2, -0.15) is 0 Å². The highest BCUT2D eigenvalue weighted by atomic mass is 15.3. The third-order valence-corrected chi connectivity index (χ3v) is 3.22. The molecule has 4 N–H and O–H groups in total. The number of rotatable bonds is 2. The van der Waals surface area contributed by atoms with Crippen molar-refractivity contribution in [1.82, 2.24) is 4.98 Å². The molecule has 1 aromatic carbocycles. The Morgan fingerprint density at radius 3 is 2.70 bits per heavy atom. The zero-order chi connectivity index (χ0) is 14.2. The first-order valence-electron chi connectivity index (χ1n) is 6.49. The molecule has 0 radical (unpaired) electrons. The van der Waals surface area contributed by atoms with Crippen LogP contribution in [-0.2, 0) is 0 Å². The van der Waals surface area contributed by atoms with Crippen molar-refractivity contribution in [1.29, 1.82) is 0 Å². The number of hydrogen-bond acceptors (Lipinski definition) is 5. The van der Waals surface area contributed by atoms with E-state index in [1.807, 2.05) is 25.2 Å². The van der Waals surface area contributed by atoms with Crippen molar-refractivity contribution >= 4 is 17.9 Å². The second kappa shape index (κ2) is 4.61. The summed E-state index contributed by atoms with van der Waals surface area (Å²) < 4.78 is 0. The SMILES string of the molecule is CNc1nc2c(cc1-c1ccccc1)C=NC(C)(N)N2. The molecule has 1 aromatic heterocycles. The average Bonchev–Trinajstić information content (AvgIpc) is 2.46. The first-order chi connectivity index (χ1) is 9.59. The Labute approximate surface area is 117 Å². The lowest BCUT2D eigenvalue weighted by atomic mass is 10.0. The summed E-state index contributed by atoms with van der Waals surface area (Å²) in [5.74, 6) is 0.752. The van der Waals surface area contributed by atoms with Crippen LogP contribution in [-0.4, -0.2) is 24.0 Å². The lowest BCUT2D eigenvalue weighted by Gasteiger charge is -2.27. The Balaban J connectivity index is 2.14. The van der Waals surface area contributed by atoms with Crippen LogP contribution in [0, 0.1) is 0 Å². The van der Waals surface area contributed by atoms with E-state index >= 15 is 0 Å². The molecule has 102 valence electrons. The lowest BCUT2D eigenvalue weighted by molar-refractivity contribution is 0.563. The molecular formula is C15H17N5. The number of hydrogen-bond donors (Lipinski definition) is 3. The summed E-state index contributed by atoms with van der Waals surface area (Å²) in [7, 11) is 1.86. The predicted molar refractivity (Wildman–Crippen MR) is 83.0 cm³/mol. The summed E-state index contributed by atoms with van der Waals surface area (Å²) in [6.45, 7) is 1.80. The van der Waals surface area contributed by atoms with E-state index in [9.17, 15) is 0 Å². The minimum atomic E-state index is -0.806. The summed E-state index contributed by atoms with van der Waals surface area (Å²) in [5, 5.41) is 6.25. The quantitative estimate of drug-likeness (QED) is 0.780. The molecular weight excluding hydrogens is 250 g/mol. The lowest BCUT2D eigenvalue weighted by Crippen LogP contribution is -2.45. The van der Waals surface area contributed by atoms with Crippen LogP contribution in [0.5, 0.6) is 0 Å². The summed E-state index contributed by atoms with van der Waals surface area (Å²) in [6, 6.07) is 12.2. The van der Waals surface area contributed by atoms with Gasteiger partial charge in [0.1, 0.15) is 11.6 Å². The molecule has 0 amide bonds. The Kier molecular flexibility index (Phi) is 2.91. The zero-order valence-electron chi connectivity index (χ0n) is 11.5. The van der Waals surface area contributed by atoms with E-state index < -0.39 is 5.79 Å². The fourth-order valence-electron chi connectivity index (χ4n) is 2.23. The maximum atomic E-state index is 5.96. The molecule has 0 saturated carbocycles. The normalized spacial score (nSPS) is 20.1. The number of pyridine rings is 1. The van der Waals surface area contributed by atoms with Gasteiger partial charge in [0, 0.05) is 24.4 Å². The van der Waals surface area contributed by atoms with Crippen molar-refractivity contribution in [3.05, 3.63) is 42.0 Å². The number of aromatic nitrogens is 1. The van der Waals surface area contributed by atoms with Crippen molar-refractivity contribution in [2.75, 3.05) is 17.7 Å². The van der Waals surface area contributed by atoms with Crippen molar-refractivity contribution < 1.29 is 0 Å². The number of aliphatic imine (C=N–C) groups is 1. The molecule has 1 unspecified atom stereocenters. The van der Waals surface area contributed by atoms with E-state index in [1.54, 1.807) is 13.1 Å². The molecule has 1 aliphatic heterocycles. The van der Waals surface area contributed by atoms with Crippen LogP contribution in [0.15, 0.2) is 41.4 Å². The molecule has 0 spiro atoms. The summed E-state index contributed by atoms with van der Waals surface area (Å²) in [6.07, 6.45) is 1.77. The Bertz CT molecular complexity index is 661. The van der Waals surface area contributed by atoms with Gasteiger partial charge in [-0.25, -0.2) is 4.98 Å². The predicted octanol–water partition coefficient (Wildman–Crippen LogP) is 2.27. The average molecular weight is 267 g/mol. The van der Waals surface area contributed by atoms with Gasteiger partial charge in [-0.3, -0.25) is 10.7 Å². The largest absolute Gasteiger partial charge is 0.373 e. The molecule has 0 bridgehead atoms. The van der Waals surface area contributed by atoms with E-state index in [-0.39, 0.29) is 0 Å². The van der Waals surface area contributed by atoms with Crippen LogP contribution >= 0.6 is 0 Å². The van der Waals surface area contributed by atoms with Gasteiger partial charge in [0.05, 0.1) is 0 Å². The zero-order valence-corrected chi connectivity index (χ0v) is 11.5. The fourth-order valence-corrected chi connectivity index (χ4v) is 2.23. The Hall–Kier alpha value is -2.40. The third-order valence-electron chi connectivity index (χ3n) is 3.22. The third kappa shape index (κ3) is 2.23. The highest BCUT2D eigenvalue weighted by molar-refractivity contribution is 5.93. The Morgan fingerprint density at radius 1 is 1.25 bits per heavy atom. The minimum absolute atomic E-state index is 0.744. The number of nitrogens with one attached hydrogen (secondary N) is 2. The molecule has 2 heterocycles. The van der Waals surface area contributed by atoms with E-state index in [0.29, 0.717) is 0 Å². The summed E-state index contributed by atoms with van der Waals surface area (Å²) >= 11 is 0. The standard InChI is InChI=1S/C15H17N5/c1-15(16)18-9-11-8-12(10-6-4-3-5-7-10)14(17-2)19-13(11)20-15/h3-9H,16H2,1-2H3,(H2,17,19,20). The fraction of sp³-hybridized carbons (Fsp3) is 0.200. The first-order valence-corrected chi connectivity index (χ1v) is 6.49. The molecule has 1 atom stereocenters. The van der Waals surface area contributed by atoms with Gasteiger partial charge in [0.25, 0.3) is 0 Å².